The maximum Gasteiger partial charge on any atom is 0.145 e. The fourth-order valence-electron chi connectivity index (χ4n) is 2.38. The second-order valence-corrected chi connectivity index (χ2v) is 5.04. The lowest BCUT2D eigenvalue weighted by atomic mass is 10.1. The molecule has 0 saturated heterocycles. The Kier molecular flexibility index (Phi) is 3.54. The van der Waals surface area contributed by atoms with E-state index in [0.717, 1.165) is 5.56 Å². The van der Waals surface area contributed by atoms with E-state index in [9.17, 15) is 14.0 Å². The van der Waals surface area contributed by atoms with Crippen molar-refractivity contribution in [3.8, 4) is 23.0 Å². The van der Waals surface area contributed by atoms with E-state index in [1.54, 1.807) is 25.1 Å². The van der Waals surface area contributed by atoms with Crippen LogP contribution in [0.1, 0.15) is 11.1 Å². The summed E-state index contributed by atoms with van der Waals surface area (Å²) in [5.74, 6) is -0.921. The summed E-state index contributed by atoms with van der Waals surface area (Å²) in [5.41, 5.74) is 7.47. The highest BCUT2D eigenvalue weighted by atomic mass is 19.1. The summed E-state index contributed by atoms with van der Waals surface area (Å²) in [7, 11) is 0. The maximum atomic E-state index is 14.0. The van der Waals surface area contributed by atoms with Crippen LogP contribution < -0.4 is 5.73 Å². The molecule has 3 rings (SSSR count). The highest BCUT2D eigenvalue weighted by molar-refractivity contribution is 5.74. The molecule has 6 heteroatoms. The summed E-state index contributed by atoms with van der Waals surface area (Å²) in [5, 5.41) is 13.6. The van der Waals surface area contributed by atoms with Crippen molar-refractivity contribution < 1.29 is 8.78 Å². The highest BCUT2D eigenvalue weighted by Crippen LogP contribution is 2.31. The summed E-state index contributed by atoms with van der Waals surface area (Å²) in [4.78, 5) is 0. The molecule has 0 unspecified atom stereocenters. The van der Waals surface area contributed by atoms with Crippen LogP contribution in [-0.4, -0.2) is 9.78 Å². The lowest BCUT2D eigenvalue weighted by Crippen LogP contribution is -2.04. The molecule has 0 radical (unpaired) electrons. The van der Waals surface area contributed by atoms with Gasteiger partial charge in [0.25, 0.3) is 0 Å². The van der Waals surface area contributed by atoms with Crippen molar-refractivity contribution in [3.63, 3.8) is 0 Å². The van der Waals surface area contributed by atoms with Gasteiger partial charge in [0, 0.05) is 5.56 Å². The van der Waals surface area contributed by atoms with Gasteiger partial charge >= 0.3 is 0 Å². The van der Waals surface area contributed by atoms with E-state index in [1.807, 2.05) is 6.07 Å². The molecule has 0 aliphatic carbocycles. The number of hydrogen-bond donors (Lipinski definition) is 1. The standard InChI is InChI=1S/C17H12F2N4/c1-10-6-7-11(18)8-15(10)23-17(21)13(9-20)16(22-23)12-4-2-3-5-14(12)19/h2-8H,21H2,1H3. The van der Waals surface area contributed by atoms with Gasteiger partial charge < -0.3 is 5.73 Å². The van der Waals surface area contributed by atoms with Gasteiger partial charge in [-0.05, 0) is 36.8 Å². The Morgan fingerprint density at radius 1 is 1.17 bits per heavy atom. The number of nitriles is 1. The number of nitrogens with zero attached hydrogens (tertiary/aromatic N) is 3. The summed E-state index contributed by atoms with van der Waals surface area (Å²) in [6.45, 7) is 1.77. The Balaban J connectivity index is 2.28. The Labute approximate surface area is 131 Å². The minimum absolute atomic E-state index is 0.0412. The number of aryl methyl sites for hydroxylation is 1. The van der Waals surface area contributed by atoms with Crippen molar-refractivity contribution in [2.45, 2.75) is 6.92 Å². The molecule has 23 heavy (non-hydrogen) atoms. The highest BCUT2D eigenvalue weighted by Gasteiger charge is 2.21. The molecule has 0 aliphatic rings. The molecule has 0 aliphatic heterocycles. The van der Waals surface area contributed by atoms with Gasteiger partial charge in [-0.3, -0.25) is 0 Å². The predicted octanol–water partition coefficient (Wildman–Crippen LogP) is 3.58. The first-order valence-electron chi connectivity index (χ1n) is 6.83. The number of aromatic nitrogens is 2. The molecule has 0 amide bonds. The summed E-state index contributed by atoms with van der Waals surface area (Å²) in [6.07, 6.45) is 0. The molecule has 0 spiro atoms. The SMILES string of the molecule is Cc1ccc(F)cc1-n1nc(-c2ccccc2F)c(C#N)c1N. The number of halogens is 2. The van der Waals surface area contributed by atoms with Gasteiger partial charge in [0.05, 0.1) is 5.69 Å². The largest absolute Gasteiger partial charge is 0.382 e. The number of anilines is 1. The van der Waals surface area contributed by atoms with Crippen LogP contribution in [0, 0.1) is 29.9 Å². The number of nitrogen functional groups attached to an aromatic ring is 1. The van der Waals surface area contributed by atoms with Gasteiger partial charge in [0.15, 0.2) is 0 Å². The van der Waals surface area contributed by atoms with Crippen LogP contribution in [0.2, 0.25) is 0 Å². The summed E-state index contributed by atoms with van der Waals surface area (Å²) < 4.78 is 28.8. The second kappa shape index (κ2) is 5.54. The number of rotatable bonds is 2. The maximum absolute atomic E-state index is 14.0. The first-order chi connectivity index (χ1) is 11.0. The van der Waals surface area contributed by atoms with Gasteiger partial charge in [-0.2, -0.15) is 10.4 Å². The molecule has 0 bridgehead atoms. The van der Waals surface area contributed by atoms with Crippen molar-refractivity contribution in [1.29, 1.82) is 5.26 Å². The number of hydrogen-bond acceptors (Lipinski definition) is 3. The molecular formula is C17H12F2N4. The van der Waals surface area contributed by atoms with Crippen molar-refractivity contribution in [2.75, 3.05) is 5.73 Å². The van der Waals surface area contributed by atoms with Gasteiger partial charge in [0.2, 0.25) is 0 Å². The lowest BCUT2D eigenvalue weighted by molar-refractivity contribution is 0.624. The number of nitrogens with two attached hydrogens (primary N) is 1. The van der Waals surface area contributed by atoms with Crippen molar-refractivity contribution in [2.24, 2.45) is 0 Å². The zero-order valence-corrected chi connectivity index (χ0v) is 12.2. The average Bonchev–Trinajstić information content (AvgIpc) is 2.86. The predicted molar refractivity (Wildman–Crippen MR) is 82.8 cm³/mol. The molecule has 2 aromatic carbocycles. The van der Waals surface area contributed by atoms with Gasteiger partial charge in [0.1, 0.15) is 34.8 Å². The van der Waals surface area contributed by atoms with Crippen molar-refractivity contribution in [3.05, 3.63) is 65.2 Å². The van der Waals surface area contributed by atoms with E-state index in [0.29, 0.717) is 5.69 Å². The van der Waals surface area contributed by atoms with Crippen molar-refractivity contribution in [1.82, 2.24) is 9.78 Å². The van der Waals surface area contributed by atoms with Crippen LogP contribution in [0.15, 0.2) is 42.5 Å². The van der Waals surface area contributed by atoms with Gasteiger partial charge in [-0.15, -0.1) is 0 Å². The fourth-order valence-corrected chi connectivity index (χ4v) is 2.38. The van der Waals surface area contributed by atoms with E-state index >= 15 is 0 Å². The zero-order chi connectivity index (χ0) is 16.6. The fraction of sp³-hybridized carbons (Fsp3) is 0.0588. The monoisotopic (exact) mass is 310 g/mol. The molecule has 114 valence electrons. The summed E-state index contributed by atoms with van der Waals surface area (Å²) in [6, 6.07) is 12.1. The molecule has 0 fully saturated rings. The molecular weight excluding hydrogens is 298 g/mol. The number of benzene rings is 2. The Hall–Kier alpha value is -3.20. The second-order valence-electron chi connectivity index (χ2n) is 5.04. The van der Waals surface area contributed by atoms with E-state index in [2.05, 4.69) is 5.10 Å². The topological polar surface area (TPSA) is 67.6 Å². The van der Waals surface area contributed by atoms with Crippen molar-refractivity contribution >= 4 is 5.82 Å². The Morgan fingerprint density at radius 3 is 2.61 bits per heavy atom. The van der Waals surface area contributed by atoms with E-state index < -0.39 is 11.6 Å². The third-order valence-corrected chi connectivity index (χ3v) is 3.56. The molecule has 0 atom stereocenters. The molecule has 0 saturated carbocycles. The minimum atomic E-state index is -0.510. The smallest absolute Gasteiger partial charge is 0.145 e. The Morgan fingerprint density at radius 2 is 1.91 bits per heavy atom. The van der Waals surface area contributed by atoms with Gasteiger partial charge in [-0.1, -0.05) is 18.2 Å². The van der Waals surface area contributed by atoms with Crippen LogP contribution in [-0.2, 0) is 0 Å². The van der Waals surface area contributed by atoms with Crippen LogP contribution >= 0.6 is 0 Å². The zero-order valence-electron chi connectivity index (χ0n) is 12.2. The van der Waals surface area contributed by atoms with E-state index in [-0.39, 0.29) is 22.6 Å². The first-order valence-corrected chi connectivity index (χ1v) is 6.83. The first kappa shape index (κ1) is 14.7. The molecule has 1 heterocycles. The van der Waals surface area contributed by atoms with Crippen LogP contribution in [0.3, 0.4) is 0 Å². The third-order valence-electron chi connectivity index (χ3n) is 3.56. The van der Waals surface area contributed by atoms with E-state index in [1.165, 1.54) is 28.9 Å². The van der Waals surface area contributed by atoms with Crippen LogP contribution in [0.25, 0.3) is 16.9 Å². The molecule has 4 nitrogen and oxygen atoms in total. The third kappa shape index (κ3) is 2.42. The average molecular weight is 310 g/mol. The Bertz CT molecular complexity index is 938. The van der Waals surface area contributed by atoms with Gasteiger partial charge in [-0.25, -0.2) is 13.5 Å². The van der Waals surface area contributed by atoms with Crippen LogP contribution in [0.4, 0.5) is 14.6 Å². The minimum Gasteiger partial charge on any atom is -0.382 e. The molecule has 2 N–H and O–H groups in total. The van der Waals surface area contributed by atoms with Crippen LogP contribution in [0.5, 0.6) is 0 Å². The van der Waals surface area contributed by atoms with E-state index in [4.69, 9.17) is 5.73 Å². The normalized spacial score (nSPS) is 10.5. The molecule has 3 aromatic rings. The lowest BCUT2D eigenvalue weighted by Gasteiger charge is -2.07. The quantitative estimate of drug-likeness (QED) is 0.786. The summed E-state index contributed by atoms with van der Waals surface area (Å²) >= 11 is 0. The molecule has 1 aromatic heterocycles.